The Morgan fingerprint density at radius 3 is 2.76 bits per heavy atom. The summed E-state index contributed by atoms with van der Waals surface area (Å²) >= 11 is 6.46. The largest absolute Gasteiger partial charge is 0.353 e. The molecule has 0 aliphatic carbocycles. The number of hydrogen-bond acceptors (Lipinski definition) is 3. The molecule has 148 valence electrons. The van der Waals surface area contributed by atoms with Crippen molar-refractivity contribution in [3.05, 3.63) is 64.9 Å². The zero-order chi connectivity index (χ0) is 20.5. The first kappa shape index (κ1) is 19.4. The Hall–Kier alpha value is -2.89. The Kier molecular flexibility index (Phi) is 5.26. The van der Waals surface area contributed by atoms with Gasteiger partial charge in [0.05, 0.1) is 16.7 Å². The van der Waals surface area contributed by atoms with Crippen molar-refractivity contribution in [3.8, 4) is 11.1 Å². The minimum Gasteiger partial charge on any atom is -0.353 e. The number of hydrogen-bond donors (Lipinski definition) is 2. The predicted octanol–water partition coefficient (Wildman–Crippen LogP) is 4.64. The van der Waals surface area contributed by atoms with Gasteiger partial charge in [-0.1, -0.05) is 23.7 Å². The molecule has 6 heteroatoms. The van der Waals surface area contributed by atoms with Gasteiger partial charge in [-0.2, -0.15) is 0 Å². The van der Waals surface area contributed by atoms with Gasteiger partial charge < -0.3 is 15.2 Å². The molecule has 2 aromatic heterocycles. The van der Waals surface area contributed by atoms with Crippen molar-refractivity contribution in [3.63, 3.8) is 0 Å². The molecule has 4 aromatic rings. The molecule has 29 heavy (non-hydrogen) atoms. The third-order valence-electron chi connectivity index (χ3n) is 5.06. The van der Waals surface area contributed by atoms with Gasteiger partial charge in [-0.15, -0.1) is 0 Å². The average molecular weight is 407 g/mol. The number of benzene rings is 2. The highest BCUT2D eigenvalue weighted by molar-refractivity contribution is 6.32. The van der Waals surface area contributed by atoms with Crippen molar-refractivity contribution in [2.24, 2.45) is 0 Å². The second kappa shape index (κ2) is 7.85. The predicted molar refractivity (Wildman–Crippen MR) is 120 cm³/mol. The summed E-state index contributed by atoms with van der Waals surface area (Å²) in [6, 6.07) is 13.5. The molecular formula is C23H23ClN4O. The van der Waals surface area contributed by atoms with Crippen molar-refractivity contribution < 1.29 is 4.79 Å². The molecule has 0 saturated heterocycles. The SMILES string of the molecule is Cc1nccc2c1[nH]c1c(-c3cccc(C(=O)NCCN(C)C)c3)cc(Cl)cc12. The number of aryl methyl sites for hydroxylation is 1. The topological polar surface area (TPSA) is 61.0 Å². The number of rotatable bonds is 5. The third-order valence-corrected chi connectivity index (χ3v) is 5.28. The molecule has 0 radical (unpaired) electrons. The zero-order valence-corrected chi connectivity index (χ0v) is 17.5. The standard InChI is InChI=1S/C23H23ClN4O/c1-14-21-18(7-8-25-14)20-13-17(24)12-19(22(20)27-21)15-5-4-6-16(11-15)23(29)26-9-10-28(2)3/h4-8,11-13,27H,9-10H2,1-3H3,(H,26,29). The summed E-state index contributed by atoms with van der Waals surface area (Å²) in [4.78, 5) is 22.5. The van der Waals surface area contributed by atoms with Crippen molar-refractivity contribution >= 4 is 39.3 Å². The van der Waals surface area contributed by atoms with Crippen molar-refractivity contribution in [1.29, 1.82) is 0 Å². The molecule has 2 aromatic carbocycles. The number of H-pyrrole nitrogens is 1. The number of likely N-dealkylation sites (N-methyl/N-ethyl adjacent to an activating group) is 1. The van der Waals surface area contributed by atoms with Gasteiger partial charge in [-0.05, 0) is 56.9 Å². The van der Waals surface area contributed by atoms with Crippen LogP contribution < -0.4 is 5.32 Å². The van der Waals surface area contributed by atoms with Gasteiger partial charge in [-0.25, -0.2) is 0 Å². The number of aromatic nitrogens is 2. The van der Waals surface area contributed by atoms with E-state index < -0.39 is 0 Å². The van der Waals surface area contributed by atoms with Gasteiger partial charge in [0.1, 0.15) is 0 Å². The number of aromatic amines is 1. The molecule has 0 unspecified atom stereocenters. The number of nitrogens with zero attached hydrogens (tertiary/aromatic N) is 2. The van der Waals surface area contributed by atoms with Gasteiger partial charge in [0.15, 0.2) is 0 Å². The summed E-state index contributed by atoms with van der Waals surface area (Å²) in [7, 11) is 3.96. The van der Waals surface area contributed by atoms with E-state index in [0.717, 1.165) is 45.2 Å². The normalized spacial score (nSPS) is 11.5. The van der Waals surface area contributed by atoms with E-state index in [1.54, 1.807) is 0 Å². The van der Waals surface area contributed by atoms with E-state index in [2.05, 4.69) is 15.3 Å². The lowest BCUT2D eigenvalue weighted by molar-refractivity contribution is 0.0951. The van der Waals surface area contributed by atoms with Crippen LogP contribution in [0.25, 0.3) is 32.9 Å². The first-order valence-electron chi connectivity index (χ1n) is 9.54. The maximum absolute atomic E-state index is 12.6. The van der Waals surface area contributed by atoms with Crippen LogP contribution >= 0.6 is 11.6 Å². The Morgan fingerprint density at radius 1 is 1.14 bits per heavy atom. The molecule has 0 aliphatic heterocycles. The number of pyridine rings is 1. The minimum absolute atomic E-state index is 0.0799. The van der Waals surface area contributed by atoms with Crippen LogP contribution in [0.1, 0.15) is 16.1 Å². The fraction of sp³-hybridized carbons (Fsp3) is 0.217. The molecule has 0 spiro atoms. The molecule has 1 amide bonds. The summed E-state index contributed by atoms with van der Waals surface area (Å²) in [5, 5.41) is 5.76. The third kappa shape index (κ3) is 3.84. The van der Waals surface area contributed by atoms with Crippen LogP contribution in [0.5, 0.6) is 0 Å². The van der Waals surface area contributed by atoms with Crippen LogP contribution in [-0.2, 0) is 0 Å². The molecule has 0 fully saturated rings. The second-order valence-corrected chi connectivity index (χ2v) is 7.90. The molecule has 5 nitrogen and oxygen atoms in total. The highest BCUT2D eigenvalue weighted by Gasteiger charge is 2.14. The fourth-order valence-electron chi connectivity index (χ4n) is 3.58. The van der Waals surface area contributed by atoms with E-state index in [4.69, 9.17) is 11.6 Å². The highest BCUT2D eigenvalue weighted by atomic mass is 35.5. The Balaban J connectivity index is 1.78. The van der Waals surface area contributed by atoms with E-state index in [9.17, 15) is 4.79 Å². The van der Waals surface area contributed by atoms with Crippen molar-refractivity contribution in [1.82, 2.24) is 20.2 Å². The van der Waals surface area contributed by atoms with Crippen LogP contribution in [0.15, 0.2) is 48.7 Å². The van der Waals surface area contributed by atoms with E-state index in [1.807, 2.05) is 74.6 Å². The summed E-state index contributed by atoms with van der Waals surface area (Å²) in [6.07, 6.45) is 1.81. The second-order valence-electron chi connectivity index (χ2n) is 7.46. The molecule has 0 atom stereocenters. The number of fused-ring (bicyclic) bond motifs is 3. The van der Waals surface area contributed by atoms with Gasteiger partial charge in [0.2, 0.25) is 0 Å². The smallest absolute Gasteiger partial charge is 0.251 e. The van der Waals surface area contributed by atoms with Crippen LogP contribution in [0.2, 0.25) is 5.02 Å². The van der Waals surface area contributed by atoms with E-state index >= 15 is 0 Å². The lowest BCUT2D eigenvalue weighted by Gasteiger charge is -2.11. The summed E-state index contributed by atoms with van der Waals surface area (Å²) in [5.74, 6) is -0.0799. The van der Waals surface area contributed by atoms with Gasteiger partial charge in [-0.3, -0.25) is 9.78 Å². The number of nitrogens with one attached hydrogen (secondary N) is 2. The van der Waals surface area contributed by atoms with Crippen LogP contribution in [-0.4, -0.2) is 48.0 Å². The summed E-state index contributed by atoms with van der Waals surface area (Å²) < 4.78 is 0. The van der Waals surface area contributed by atoms with Gasteiger partial charge in [0, 0.05) is 46.2 Å². The maximum atomic E-state index is 12.6. The number of halogens is 1. The Bertz CT molecular complexity index is 1210. The lowest BCUT2D eigenvalue weighted by atomic mass is 10.00. The molecule has 2 heterocycles. The molecule has 2 N–H and O–H groups in total. The Labute approximate surface area is 174 Å². The minimum atomic E-state index is -0.0799. The van der Waals surface area contributed by atoms with Crippen LogP contribution in [0.3, 0.4) is 0 Å². The maximum Gasteiger partial charge on any atom is 0.251 e. The highest BCUT2D eigenvalue weighted by Crippen LogP contribution is 2.36. The monoisotopic (exact) mass is 406 g/mol. The van der Waals surface area contributed by atoms with E-state index in [1.165, 1.54) is 0 Å². The quantitative estimate of drug-likeness (QED) is 0.507. The van der Waals surface area contributed by atoms with Crippen molar-refractivity contribution in [2.45, 2.75) is 6.92 Å². The molecule has 0 saturated carbocycles. The van der Waals surface area contributed by atoms with Crippen molar-refractivity contribution in [2.75, 3.05) is 27.2 Å². The average Bonchev–Trinajstić information content (AvgIpc) is 3.07. The molecule has 0 aliphatic rings. The number of carbonyl (C=O) groups is 1. The molecular weight excluding hydrogens is 384 g/mol. The van der Waals surface area contributed by atoms with Crippen LogP contribution in [0.4, 0.5) is 0 Å². The molecule has 0 bridgehead atoms. The molecule has 4 rings (SSSR count). The lowest BCUT2D eigenvalue weighted by Crippen LogP contribution is -2.31. The first-order chi connectivity index (χ1) is 13.9. The summed E-state index contributed by atoms with van der Waals surface area (Å²) in [6.45, 7) is 3.38. The fourth-order valence-corrected chi connectivity index (χ4v) is 3.80. The van der Waals surface area contributed by atoms with Crippen LogP contribution in [0, 0.1) is 6.92 Å². The summed E-state index contributed by atoms with van der Waals surface area (Å²) in [5.41, 5.74) is 5.47. The first-order valence-corrected chi connectivity index (χ1v) is 9.92. The zero-order valence-electron chi connectivity index (χ0n) is 16.7. The van der Waals surface area contributed by atoms with Gasteiger partial charge >= 0.3 is 0 Å². The number of carbonyl (C=O) groups excluding carboxylic acids is 1. The number of amides is 1. The van der Waals surface area contributed by atoms with E-state index in [0.29, 0.717) is 17.1 Å². The van der Waals surface area contributed by atoms with Gasteiger partial charge in [0.25, 0.3) is 5.91 Å². The Morgan fingerprint density at radius 2 is 1.97 bits per heavy atom. The van der Waals surface area contributed by atoms with E-state index in [-0.39, 0.29) is 5.91 Å².